The second-order valence-electron chi connectivity index (χ2n) is 6.52. The Morgan fingerprint density at radius 2 is 1.61 bits per heavy atom. The van der Waals surface area contributed by atoms with Gasteiger partial charge in [0.15, 0.2) is 0 Å². The Balaban J connectivity index is 1.79. The molecule has 0 radical (unpaired) electrons. The quantitative estimate of drug-likeness (QED) is 0.423. The summed E-state index contributed by atoms with van der Waals surface area (Å²) in [5, 5.41) is 1.92. The molecular formula is C21H13Cl2F5N2O. The Morgan fingerprint density at radius 1 is 0.903 bits per heavy atom. The van der Waals surface area contributed by atoms with Gasteiger partial charge in [-0.25, -0.2) is 0 Å². The third kappa shape index (κ3) is 5.32. The maximum absolute atomic E-state index is 14.7. The zero-order valence-corrected chi connectivity index (χ0v) is 17.0. The number of amides is 1. The number of halogens is 7. The van der Waals surface area contributed by atoms with Crippen molar-refractivity contribution in [3.8, 4) is 11.1 Å². The number of pyridine rings is 1. The zero-order chi connectivity index (χ0) is 22.8. The Kier molecular flexibility index (Phi) is 6.52. The summed E-state index contributed by atoms with van der Waals surface area (Å²) in [6, 6.07) is 9.25. The highest BCUT2D eigenvalue weighted by atomic mass is 35.5. The summed E-state index contributed by atoms with van der Waals surface area (Å²) in [6.07, 6.45) is -1.91. The molecule has 3 nitrogen and oxygen atoms in total. The molecule has 162 valence electrons. The number of carbonyl (C=O) groups is 1. The average molecular weight is 475 g/mol. The Morgan fingerprint density at radius 3 is 2.26 bits per heavy atom. The number of carbonyl (C=O) groups excluding carboxylic acids is 1. The number of benzene rings is 2. The largest absolute Gasteiger partial charge is 0.417 e. The molecule has 1 amide bonds. The molecule has 0 saturated heterocycles. The molecule has 0 aliphatic carbocycles. The summed E-state index contributed by atoms with van der Waals surface area (Å²) in [5.41, 5.74) is -1.50. The van der Waals surface area contributed by atoms with Crippen LogP contribution in [0.4, 0.5) is 22.0 Å². The lowest BCUT2D eigenvalue weighted by Gasteiger charge is -2.20. The van der Waals surface area contributed by atoms with Crippen molar-refractivity contribution in [2.24, 2.45) is 0 Å². The minimum absolute atomic E-state index is 0.285. The van der Waals surface area contributed by atoms with Crippen LogP contribution in [0.5, 0.6) is 0 Å². The van der Waals surface area contributed by atoms with Crippen molar-refractivity contribution in [3.63, 3.8) is 0 Å². The van der Waals surface area contributed by atoms with Crippen LogP contribution in [0.15, 0.2) is 60.9 Å². The Hall–Kier alpha value is -2.71. The van der Waals surface area contributed by atoms with E-state index in [1.165, 1.54) is 30.6 Å². The highest BCUT2D eigenvalue weighted by molar-refractivity contribution is 6.32. The van der Waals surface area contributed by atoms with Crippen molar-refractivity contribution in [3.05, 3.63) is 87.7 Å². The van der Waals surface area contributed by atoms with Gasteiger partial charge in [0.2, 0.25) is 0 Å². The normalized spacial score (nSPS) is 12.0. The summed E-state index contributed by atoms with van der Waals surface area (Å²) in [4.78, 5) is 16.1. The van der Waals surface area contributed by atoms with Gasteiger partial charge in [-0.15, -0.1) is 0 Å². The van der Waals surface area contributed by atoms with Gasteiger partial charge in [-0.2, -0.15) is 22.0 Å². The molecule has 0 spiro atoms. The highest BCUT2D eigenvalue weighted by Gasteiger charge is 2.37. The molecule has 10 heteroatoms. The van der Waals surface area contributed by atoms with Gasteiger partial charge in [-0.1, -0.05) is 47.5 Å². The molecule has 2 aromatic carbocycles. The van der Waals surface area contributed by atoms with E-state index >= 15 is 0 Å². The van der Waals surface area contributed by atoms with E-state index in [0.29, 0.717) is 22.2 Å². The minimum atomic E-state index is -4.80. The van der Waals surface area contributed by atoms with Gasteiger partial charge in [0, 0.05) is 23.5 Å². The third-order valence-corrected chi connectivity index (χ3v) is 4.87. The van der Waals surface area contributed by atoms with Crippen LogP contribution < -0.4 is 5.32 Å². The molecule has 0 unspecified atom stereocenters. The summed E-state index contributed by atoms with van der Waals surface area (Å²) < 4.78 is 68.5. The molecule has 3 aromatic rings. The number of aromatic nitrogens is 1. The van der Waals surface area contributed by atoms with Crippen LogP contribution >= 0.6 is 23.2 Å². The first kappa shape index (κ1) is 23.0. The van der Waals surface area contributed by atoms with Gasteiger partial charge in [-0.3, -0.25) is 9.78 Å². The molecule has 0 atom stereocenters. The van der Waals surface area contributed by atoms with Crippen LogP contribution in [-0.2, 0) is 12.1 Å². The van der Waals surface area contributed by atoms with E-state index < -0.39 is 41.2 Å². The van der Waals surface area contributed by atoms with Crippen molar-refractivity contribution >= 4 is 29.1 Å². The molecule has 1 aromatic heterocycles. The molecule has 0 aliphatic rings. The molecule has 1 heterocycles. The van der Waals surface area contributed by atoms with Crippen LogP contribution in [0, 0.1) is 0 Å². The molecule has 0 saturated carbocycles. The number of hydrogen-bond acceptors (Lipinski definition) is 2. The monoisotopic (exact) mass is 474 g/mol. The van der Waals surface area contributed by atoms with Crippen molar-refractivity contribution in [2.45, 2.75) is 12.1 Å². The van der Waals surface area contributed by atoms with Crippen LogP contribution in [0.1, 0.15) is 21.5 Å². The Labute approximate surface area is 183 Å². The lowest BCUT2D eigenvalue weighted by molar-refractivity contribution is -0.137. The second kappa shape index (κ2) is 8.80. The summed E-state index contributed by atoms with van der Waals surface area (Å²) in [5.74, 6) is -4.91. The van der Waals surface area contributed by atoms with Gasteiger partial charge >= 0.3 is 6.18 Å². The van der Waals surface area contributed by atoms with Crippen LogP contribution in [-0.4, -0.2) is 17.4 Å². The van der Waals surface area contributed by atoms with E-state index in [2.05, 4.69) is 4.98 Å². The van der Waals surface area contributed by atoms with Crippen LogP contribution in [0.2, 0.25) is 10.0 Å². The second-order valence-corrected chi connectivity index (χ2v) is 7.36. The fourth-order valence-electron chi connectivity index (χ4n) is 2.87. The van der Waals surface area contributed by atoms with E-state index in [1.54, 1.807) is 6.07 Å². The van der Waals surface area contributed by atoms with Crippen LogP contribution in [0.3, 0.4) is 0 Å². The SMILES string of the molecule is O=C(NCC(F)(F)c1ccc(-c2cncc(Cl)c2)cc1Cl)c1ccccc1C(F)(F)F. The molecule has 0 fully saturated rings. The van der Waals surface area contributed by atoms with Crippen molar-refractivity contribution in [1.29, 1.82) is 0 Å². The van der Waals surface area contributed by atoms with E-state index in [1.807, 2.05) is 5.32 Å². The molecule has 3 rings (SSSR count). The van der Waals surface area contributed by atoms with E-state index in [9.17, 15) is 26.7 Å². The molecule has 0 aliphatic heterocycles. The van der Waals surface area contributed by atoms with Gasteiger partial charge in [0.1, 0.15) is 0 Å². The highest BCUT2D eigenvalue weighted by Crippen LogP contribution is 2.36. The first-order chi connectivity index (χ1) is 14.5. The first-order valence-electron chi connectivity index (χ1n) is 8.72. The average Bonchev–Trinajstić information content (AvgIpc) is 2.71. The predicted molar refractivity (Wildman–Crippen MR) is 107 cm³/mol. The topological polar surface area (TPSA) is 42.0 Å². The minimum Gasteiger partial charge on any atom is -0.346 e. The number of nitrogens with one attached hydrogen (secondary N) is 1. The van der Waals surface area contributed by atoms with Gasteiger partial charge in [-0.05, 0) is 29.8 Å². The predicted octanol–water partition coefficient (Wildman–Crippen LogP) is 6.60. The third-order valence-electron chi connectivity index (χ3n) is 4.35. The molecule has 1 N–H and O–H groups in total. The van der Waals surface area contributed by atoms with Crippen molar-refractivity contribution in [1.82, 2.24) is 10.3 Å². The standard InChI is InChI=1S/C21H13Cl2F5N2O/c22-14-7-13(9-29-10-14)12-5-6-17(18(23)8-12)20(24,25)11-30-19(31)15-3-1-2-4-16(15)21(26,27)28/h1-10H,11H2,(H,30,31). The molecular weight excluding hydrogens is 462 g/mol. The summed E-state index contributed by atoms with van der Waals surface area (Å²) in [7, 11) is 0. The van der Waals surface area contributed by atoms with Gasteiger partial charge in [0.25, 0.3) is 11.8 Å². The van der Waals surface area contributed by atoms with Crippen molar-refractivity contribution < 1.29 is 26.7 Å². The number of nitrogens with zero attached hydrogens (tertiary/aromatic N) is 1. The smallest absolute Gasteiger partial charge is 0.346 e. The summed E-state index contributed by atoms with van der Waals surface area (Å²) in [6.45, 7) is -1.24. The number of rotatable bonds is 5. The molecule has 0 bridgehead atoms. The lowest BCUT2D eigenvalue weighted by Crippen LogP contribution is -2.36. The number of hydrogen-bond donors (Lipinski definition) is 1. The van der Waals surface area contributed by atoms with Gasteiger partial charge < -0.3 is 5.32 Å². The van der Waals surface area contributed by atoms with Crippen molar-refractivity contribution in [2.75, 3.05) is 6.54 Å². The lowest BCUT2D eigenvalue weighted by atomic mass is 10.0. The molecule has 31 heavy (non-hydrogen) atoms. The number of alkyl halides is 5. The van der Waals surface area contributed by atoms with E-state index in [0.717, 1.165) is 18.2 Å². The fourth-order valence-corrected chi connectivity index (χ4v) is 3.36. The van der Waals surface area contributed by atoms with Crippen LogP contribution in [0.25, 0.3) is 11.1 Å². The van der Waals surface area contributed by atoms with E-state index in [-0.39, 0.29) is 5.02 Å². The zero-order valence-electron chi connectivity index (χ0n) is 15.5. The fraction of sp³-hybridized carbons (Fsp3) is 0.143. The summed E-state index contributed by atoms with van der Waals surface area (Å²) >= 11 is 11.9. The first-order valence-corrected chi connectivity index (χ1v) is 9.48. The Bertz CT molecular complexity index is 1120. The maximum atomic E-state index is 14.7. The van der Waals surface area contributed by atoms with Gasteiger partial charge in [0.05, 0.1) is 27.7 Å². The maximum Gasteiger partial charge on any atom is 0.417 e. The van der Waals surface area contributed by atoms with E-state index in [4.69, 9.17) is 23.2 Å².